The highest BCUT2D eigenvalue weighted by Gasteiger charge is 2.16. The van der Waals surface area contributed by atoms with Gasteiger partial charge in [-0.25, -0.2) is 0 Å². The summed E-state index contributed by atoms with van der Waals surface area (Å²) in [5, 5.41) is 14.9. The standard InChI is InChI=1S/C78H51N/c1-4-16-73-58(10-1)13-7-19-76(73)64-31-25-55-22-28-61(46-67(55)49-64)52-34-40-70(41-35-52)79(71-42-36-53(37-43-71)62-29-23-56-26-32-65(50-68(56)47-62)77-20-8-14-59-11-2-5-17-74(59)77)72-44-38-54(39-45-72)63-30-24-57-27-33-66(51-69(57)48-63)78-21-9-15-60-12-3-6-18-75(60)78/h1-51H. The summed E-state index contributed by atoms with van der Waals surface area (Å²) < 4.78 is 0. The van der Waals surface area contributed by atoms with Gasteiger partial charge in [-0.15, -0.1) is 0 Å². The maximum atomic E-state index is 2.38. The second-order valence-electron chi connectivity index (χ2n) is 20.9. The van der Waals surface area contributed by atoms with Gasteiger partial charge in [-0.2, -0.15) is 0 Å². The molecule has 0 atom stereocenters. The van der Waals surface area contributed by atoms with Gasteiger partial charge < -0.3 is 4.90 Å². The van der Waals surface area contributed by atoms with E-state index < -0.39 is 0 Å². The molecule has 0 fully saturated rings. The number of nitrogens with zero attached hydrogens (tertiary/aromatic N) is 1. The zero-order chi connectivity index (χ0) is 52.2. The van der Waals surface area contributed by atoms with Crippen LogP contribution in [0.2, 0.25) is 0 Å². The van der Waals surface area contributed by atoms with Crippen LogP contribution in [0.15, 0.2) is 309 Å². The number of anilines is 3. The van der Waals surface area contributed by atoms with E-state index >= 15 is 0 Å². The predicted molar refractivity (Wildman–Crippen MR) is 339 cm³/mol. The molecule has 1 nitrogen and oxygen atoms in total. The van der Waals surface area contributed by atoms with Gasteiger partial charge in [0.15, 0.2) is 0 Å². The highest BCUT2D eigenvalue weighted by atomic mass is 15.1. The Labute approximate surface area is 460 Å². The first-order chi connectivity index (χ1) is 39.1. The van der Waals surface area contributed by atoms with Crippen molar-refractivity contribution >= 4 is 81.7 Å². The molecule has 0 aliphatic carbocycles. The van der Waals surface area contributed by atoms with Crippen LogP contribution in [-0.2, 0) is 0 Å². The van der Waals surface area contributed by atoms with Crippen LogP contribution in [0.1, 0.15) is 0 Å². The Bertz CT molecular complexity index is 4310. The molecule has 368 valence electrons. The van der Waals surface area contributed by atoms with Gasteiger partial charge >= 0.3 is 0 Å². The molecule has 0 unspecified atom stereocenters. The summed E-state index contributed by atoms with van der Waals surface area (Å²) in [6.07, 6.45) is 0. The lowest BCUT2D eigenvalue weighted by molar-refractivity contribution is 1.28. The van der Waals surface area contributed by atoms with Gasteiger partial charge in [0.2, 0.25) is 0 Å². The molecule has 15 aromatic carbocycles. The minimum absolute atomic E-state index is 1.08. The molecule has 0 aliphatic rings. The first kappa shape index (κ1) is 46.0. The monoisotopic (exact) mass is 1000 g/mol. The fraction of sp³-hybridized carbons (Fsp3) is 0. The minimum atomic E-state index is 1.08. The van der Waals surface area contributed by atoms with Crippen molar-refractivity contribution in [2.24, 2.45) is 0 Å². The second-order valence-corrected chi connectivity index (χ2v) is 20.9. The normalized spacial score (nSPS) is 11.5. The van der Waals surface area contributed by atoms with Crippen molar-refractivity contribution in [3.8, 4) is 66.8 Å². The fourth-order valence-corrected chi connectivity index (χ4v) is 12.1. The van der Waals surface area contributed by atoms with Crippen molar-refractivity contribution in [3.05, 3.63) is 309 Å². The van der Waals surface area contributed by atoms with Crippen LogP contribution in [-0.4, -0.2) is 0 Å². The molecule has 15 rings (SSSR count). The maximum Gasteiger partial charge on any atom is 0.0462 e. The molecule has 0 spiro atoms. The van der Waals surface area contributed by atoms with E-state index in [1.165, 1.54) is 131 Å². The Morgan fingerprint density at radius 3 is 0.696 bits per heavy atom. The van der Waals surface area contributed by atoms with Crippen LogP contribution in [0.3, 0.4) is 0 Å². The van der Waals surface area contributed by atoms with Crippen LogP contribution >= 0.6 is 0 Å². The molecule has 0 amide bonds. The number of fused-ring (bicyclic) bond motifs is 6. The van der Waals surface area contributed by atoms with Gasteiger partial charge in [0, 0.05) is 17.1 Å². The molecule has 15 aromatic rings. The summed E-state index contributed by atoms with van der Waals surface area (Å²) in [4.78, 5) is 2.38. The first-order valence-corrected chi connectivity index (χ1v) is 27.3. The average molecular weight is 1000 g/mol. The van der Waals surface area contributed by atoms with Crippen LogP contribution in [0.4, 0.5) is 17.1 Å². The van der Waals surface area contributed by atoms with E-state index in [9.17, 15) is 0 Å². The lowest BCUT2D eigenvalue weighted by Crippen LogP contribution is -2.09. The van der Waals surface area contributed by atoms with Crippen LogP contribution in [0.25, 0.3) is 131 Å². The van der Waals surface area contributed by atoms with Crippen LogP contribution < -0.4 is 4.90 Å². The molecule has 79 heavy (non-hydrogen) atoms. The number of rotatable bonds is 9. The molecule has 0 aliphatic heterocycles. The van der Waals surface area contributed by atoms with Crippen LogP contribution in [0, 0.1) is 0 Å². The molecular formula is C78H51N. The van der Waals surface area contributed by atoms with E-state index in [1.807, 2.05) is 0 Å². The zero-order valence-corrected chi connectivity index (χ0v) is 43.4. The maximum absolute atomic E-state index is 2.38. The first-order valence-electron chi connectivity index (χ1n) is 27.3. The van der Waals surface area contributed by atoms with Crippen molar-refractivity contribution < 1.29 is 0 Å². The second kappa shape index (κ2) is 19.3. The molecule has 0 N–H and O–H groups in total. The smallest absolute Gasteiger partial charge is 0.0462 e. The van der Waals surface area contributed by atoms with E-state index in [4.69, 9.17) is 0 Å². The predicted octanol–water partition coefficient (Wildman–Crippen LogP) is 22.1. The Balaban J connectivity index is 0.775. The van der Waals surface area contributed by atoms with Crippen molar-refractivity contribution in [1.82, 2.24) is 0 Å². The van der Waals surface area contributed by atoms with Gasteiger partial charge in [-0.3, -0.25) is 0 Å². The third kappa shape index (κ3) is 8.55. The summed E-state index contributed by atoms with van der Waals surface area (Å²) in [5.41, 5.74) is 17.8. The Hall–Kier alpha value is -10.3. The Morgan fingerprint density at radius 2 is 0.392 bits per heavy atom. The fourth-order valence-electron chi connectivity index (χ4n) is 12.1. The molecule has 0 bridgehead atoms. The van der Waals surface area contributed by atoms with E-state index in [1.54, 1.807) is 0 Å². The Kier molecular flexibility index (Phi) is 11.3. The summed E-state index contributed by atoms with van der Waals surface area (Å²) in [7, 11) is 0. The summed E-state index contributed by atoms with van der Waals surface area (Å²) in [6.45, 7) is 0. The number of benzene rings is 15. The van der Waals surface area contributed by atoms with E-state index in [-0.39, 0.29) is 0 Å². The Morgan fingerprint density at radius 1 is 0.152 bits per heavy atom. The molecule has 0 radical (unpaired) electrons. The molecule has 0 heterocycles. The van der Waals surface area contributed by atoms with Gasteiger partial charge in [0.1, 0.15) is 0 Å². The van der Waals surface area contributed by atoms with Gasteiger partial charge in [0.25, 0.3) is 0 Å². The minimum Gasteiger partial charge on any atom is -0.311 e. The van der Waals surface area contributed by atoms with E-state index in [0.717, 1.165) is 17.1 Å². The largest absolute Gasteiger partial charge is 0.311 e. The third-order valence-electron chi connectivity index (χ3n) is 16.2. The van der Waals surface area contributed by atoms with Gasteiger partial charge in [0.05, 0.1) is 0 Å². The lowest BCUT2D eigenvalue weighted by atomic mass is 9.94. The van der Waals surface area contributed by atoms with Gasteiger partial charge in [-0.1, -0.05) is 237 Å². The summed E-state index contributed by atoms with van der Waals surface area (Å²) in [5.74, 6) is 0. The van der Waals surface area contributed by atoms with Crippen LogP contribution in [0.5, 0.6) is 0 Å². The average Bonchev–Trinajstić information content (AvgIpc) is 3.54. The van der Waals surface area contributed by atoms with Crippen molar-refractivity contribution in [2.75, 3.05) is 4.90 Å². The zero-order valence-electron chi connectivity index (χ0n) is 43.4. The topological polar surface area (TPSA) is 3.24 Å². The quantitative estimate of drug-likeness (QED) is 0.139. The molecule has 0 saturated carbocycles. The molecule has 0 saturated heterocycles. The summed E-state index contributed by atoms with van der Waals surface area (Å²) in [6, 6.07) is 114. The van der Waals surface area contributed by atoms with Crippen molar-refractivity contribution in [3.63, 3.8) is 0 Å². The van der Waals surface area contributed by atoms with E-state index in [0.29, 0.717) is 0 Å². The third-order valence-corrected chi connectivity index (χ3v) is 16.2. The number of hydrogen-bond acceptors (Lipinski definition) is 1. The summed E-state index contributed by atoms with van der Waals surface area (Å²) >= 11 is 0. The van der Waals surface area contributed by atoms with Crippen molar-refractivity contribution in [1.29, 1.82) is 0 Å². The SMILES string of the molecule is c1ccc2c(-c3ccc4ccc(-c5ccc(N(c6ccc(-c7ccc8ccc(-c9cccc%10ccccc9%10)cc8c7)cc6)c6ccc(-c7ccc8ccc(-c9cccc%10ccccc9%10)cc8c7)cc6)cc5)cc4c3)cccc2c1. The van der Waals surface area contributed by atoms with Gasteiger partial charge in [-0.05, 0) is 204 Å². The number of hydrogen-bond donors (Lipinski definition) is 0. The highest BCUT2D eigenvalue weighted by Crippen LogP contribution is 2.41. The lowest BCUT2D eigenvalue weighted by Gasteiger charge is -2.26. The highest BCUT2D eigenvalue weighted by molar-refractivity contribution is 6.03. The molecular weight excluding hydrogens is 951 g/mol. The van der Waals surface area contributed by atoms with Crippen molar-refractivity contribution in [2.45, 2.75) is 0 Å². The van der Waals surface area contributed by atoms with E-state index in [2.05, 4.69) is 314 Å². The molecule has 1 heteroatoms. The molecule has 0 aromatic heterocycles.